The summed E-state index contributed by atoms with van der Waals surface area (Å²) in [6.45, 7) is 13.2. The van der Waals surface area contributed by atoms with E-state index in [0.717, 1.165) is 23.1 Å². The van der Waals surface area contributed by atoms with Gasteiger partial charge in [0.2, 0.25) is 11.8 Å². The molecule has 2 aromatic rings. The molecular weight excluding hydrogens is 556 g/mol. The van der Waals surface area contributed by atoms with Gasteiger partial charge in [-0.3, -0.25) is 19.2 Å². The number of amides is 3. The fourth-order valence-corrected chi connectivity index (χ4v) is 7.89. The lowest BCUT2D eigenvalue weighted by atomic mass is 9.45. The van der Waals surface area contributed by atoms with Crippen LogP contribution < -0.4 is 16.0 Å². The number of carbonyl (C=O) groups is 3. The van der Waals surface area contributed by atoms with E-state index in [9.17, 15) is 19.5 Å². The van der Waals surface area contributed by atoms with Crippen LogP contribution in [0.3, 0.4) is 0 Å². The molecule has 9 nitrogen and oxygen atoms in total. The van der Waals surface area contributed by atoms with Gasteiger partial charge in [0.15, 0.2) is 0 Å². The van der Waals surface area contributed by atoms with Crippen molar-refractivity contribution in [2.24, 2.45) is 29.1 Å². The number of benzene rings is 2. The lowest BCUT2D eigenvalue weighted by Crippen LogP contribution is -2.62. The van der Waals surface area contributed by atoms with E-state index in [1.807, 2.05) is 49.4 Å². The van der Waals surface area contributed by atoms with Gasteiger partial charge < -0.3 is 21.1 Å². The third-order valence-electron chi connectivity index (χ3n) is 10.5. The van der Waals surface area contributed by atoms with Crippen LogP contribution in [0.2, 0.25) is 0 Å². The predicted molar refractivity (Wildman–Crippen MR) is 169 cm³/mol. The molecule has 0 aromatic heterocycles. The van der Waals surface area contributed by atoms with Crippen molar-refractivity contribution in [2.45, 2.75) is 85.2 Å². The number of aliphatic hydroxyl groups excluding tert-OH is 1. The normalized spacial score (nSPS) is 29.8. The number of carbonyl (C=O) groups excluding carboxylic acids is 3. The van der Waals surface area contributed by atoms with E-state index in [2.05, 4.69) is 36.7 Å². The minimum atomic E-state index is -0.708. The number of nitrogens with one attached hydrogen (secondary N) is 3. The van der Waals surface area contributed by atoms with Gasteiger partial charge in [-0.1, -0.05) is 51.1 Å². The molecule has 0 radical (unpaired) electrons. The smallest absolute Gasteiger partial charge is 0.251 e. The number of hydrogen-bond acceptors (Lipinski definition) is 6. The minimum absolute atomic E-state index is 0.0791. The summed E-state index contributed by atoms with van der Waals surface area (Å²) >= 11 is 0. The van der Waals surface area contributed by atoms with Gasteiger partial charge in [0.25, 0.3) is 5.91 Å². The van der Waals surface area contributed by atoms with E-state index in [-0.39, 0.29) is 35.8 Å². The van der Waals surface area contributed by atoms with Gasteiger partial charge in [0.1, 0.15) is 6.04 Å². The summed E-state index contributed by atoms with van der Waals surface area (Å²) in [5, 5.41) is 21.3. The molecule has 0 spiro atoms. The van der Waals surface area contributed by atoms with E-state index in [4.69, 9.17) is 4.84 Å². The minimum Gasteiger partial charge on any atom is -0.393 e. The number of fused-ring (bicyclic) bond motifs is 2. The summed E-state index contributed by atoms with van der Waals surface area (Å²) in [5.41, 5.74) is 3.65. The molecule has 4 N–H and O–H groups in total. The maximum atomic E-state index is 13.9. The Morgan fingerprint density at radius 3 is 2.36 bits per heavy atom. The zero-order valence-corrected chi connectivity index (χ0v) is 26.8. The molecule has 3 saturated carbocycles. The Labute approximate surface area is 261 Å². The fraction of sp³-hybridized carbons (Fsp3) is 0.571. The topological polar surface area (TPSA) is 120 Å². The van der Waals surface area contributed by atoms with Crippen molar-refractivity contribution in [3.63, 3.8) is 0 Å². The molecule has 1 heterocycles. The molecule has 6 rings (SSSR count). The average Bonchev–Trinajstić information content (AvgIpc) is 3.31. The molecule has 9 heteroatoms. The number of rotatable bonds is 10. The van der Waals surface area contributed by atoms with Crippen molar-refractivity contribution >= 4 is 17.7 Å². The third-order valence-corrected chi connectivity index (χ3v) is 10.5. The Hall–Kier alpha value is -3.27. The molecule has 2 bridgehead atoms. The highest BCUT2D eigenvalue weighted by molar-refractivity contribution is 5.95. The second-order valence-electron chi connectivity index (χ2n) is 13.7. The summed E-state index contributed by atoms with van der Waals surface area (Å²) in [4.78, 5) is 43.9. The molecule has 1 aliphatic heterocycles. The fourth-order valence-electron chi connectivity index (χ4n) is 7.89. The molecule has 8 atom stereocenters. The van der Waals surface area contributed by atoms with Crippen molar-refractivity contribution in [2.75, 3.05) is 13.1 Å². The first-order valence-electron chi connectivity index (χ1n) is 16.0. The first-order valence-corrected chi connectivity index (χ1v) is 16.0. The summed E-state index contributed by atoms with van der Waals surface area (Å²) in [5.74, 6) is 0.872. The molecule has 3 amide bonds. The molecule has 1 saturated heterocycles. The van der Waals surface area contributed by atoms with Crippen LogP contribution in [0.5, 0.6) is 0 Å². The van der Waals surface area contributed by atoms with Gasteiger partial charge in [-0.15, -0.1) is 0 Å². The van der Waals surface area contributed by atoms with Crippen LogP contribution in [0.4, 0.5) is 0 Å². The van der Waals surface area contributed by atoms with Crippen LogP contribution >= 0.6 is 0 Å². The highest BCUT2D eigenvalue weighted by Crippen LogP contribution is 2.61. The molecular formula is C35H48N4O5. The van der Waals surface area contributed by atoms with Gasteiger partial charge in [0.05, 0.1) is 18.8 Å². The number of hydroxylamine groups is 2. The van der Waals surface area contributed by atoms with Gasteiger partial charge >= 0.3 is 0 Å². The maximum absolute atomic E-state index is 13.9. The summed E-state index contributed by atoms with van der Waals surface area (Å²) in [6.07, 6.45) is 1.22. The highest BCUT2D eigenvalue weighted by atomic mass is 16.7. The predicted octanol–water partition coefficient (Wildman–Crippen LogP) is 3.91. The molecule has 3 aliphatic carbocycles. The standard InChI is InChI=1S/C35H48N4O5/c1-20-29-17-28(35(29,5)6)18-30(20)38-34(43)32-31(21(2)40)22(3)44-39(32)19-24-9-7-10-25(15-24)26-11-8-12-27(16-26)33(42)37-14-13-36-23(4)41/h7-12,15-16,20-22,28-32,40H,13-14,17-19H2,1-6H3,(H,36,41)(H,37,42)(H,38,43)/t20-,21-,22-,28+,29-,30-,31+,32-/m0/s1. The quantitative estimate of drug-likeness (QED) is 0.306. The Balaban J connectivity index is 1.29. The van der Waals surface area contributed by atoms with Crippen molar-refractivity contribution in [3.8, 4) is 11.1 Å². The van der Waals surface area contributed by atoms with Gasteiger partial charge in [-0.2, -0.15) is 5.06 Å². The monoisotopic (exact) mass is 604 g/mol. The van der Waals surface area contributed by atoms with Crippen molar-refractivity contribution in [1.29, 1.82) is 0 Å². The molecule has 4 fully saturated rings. The summed E-state index contributed by atoms with van der Waals surface area (Å²) in [7, 11) is 0. The Bertz CT molecular complexity index is 1380. The molecule has 0 unspecified atom stereocenters. The van der Waals surface area contributed by atoms with Crippen LogP contribution in [0.1, 0.15) is 70.3 Å². The molecule has 2 aromatic carbocycles. The zero-order valence-electron chi connectivity index (χ0n) is 26.8. The first kappa shape index (κ1) is 32.1. The lowest BCUT2D eigenvalue weighted by Gasteiger charge is -2.62. The molecule has 238 valence electrons. The van der Waals surface area contributed by atoms with Gasteiger partial charge in [-0.05, 0) is 84.7 Å². The van der Waals surface area contributed by atoms with Crippen molar-refractivity contribution in [1.82, 2.24) is 21.0 Å². The lowest BCUT2D eigenvalue weighted by molar-refractivity contribution is -0.174. The zero-order chi connectivity index (χ0) is 31.8. The second kappa shape index (κ2) is 13.0. The Morgan fingerprint density at radius 2 is 1.70 bits per heavy atom. The van der Waals surface area contributed by atoms with E-state index >= 15 is 0 Å². The van der Waals surface area contributed by atoms with Crippen molar-refractivity contribution < 1.29 is 24.3 Å². The van der Waals surface area contributed by atoms with E-state index < -0.39 is 12.1 Å². The average molecular weight is 605 g/mol. The first-order chi connectivity index (χ1) is 20.9. The van der Waals surface area contributed by atoms with Crippen LogP contribution in [-0.4, -0.2) is 65.3 Å². The van der Waals surface area contributed by atoms with Gasteiger partial charge in [0, 0.05) is 37.5 Å². The Kier molecular flexibility index (Phi) is 9.49. The number of nitrogens with zero attached hydrogens (tertiary/aromatic N) is 1. The van der Waals surface area contributed by atoms with E-state index in [1.165, 1.54) is 13.3 Å². The highest BCUT2D eigenvalue weighted by Gasteiger charge is 2.57. The largest absolute Gasteiger partial charge is 0.393 e. The van der Waals surface area contributed by atoms with Crippen LogP contribution in [0.25, 0.3) is 11.1 Å². The van der Waals surface area contributed by atoms with Crippen molar-refractivity contribution in [3.05, 3.63) is 59.7 Å². The number of aliphatic hydroxyl groups is 1. The summed E-state index contributed by atoms with van der Waals surface area (Å²) < 4.78 is 0. The molecule has 44 heavy (non-hydrogen) atoms. The molecule has 4 aliphatic rings. The second-order valence-corrected chi connectivity index (χ2v) is 13.7. The Morgan fingerprint density at radius 1 is 1.02 bits per heavy atom. The van der Waals surface area contributed by atoms with Crippen LogP contribution in [0, 0.1) is 29.1 Å². The third kappa shape index (κ3) is 6.55. The van der Waals surface area contributed by atoms with E-state index in [0.29, 0.717) is 48.4 Å². The van der Waals surface area contributed by atoms with Gasteiger partial charge in [-0.25, -0.2) is 0 Å². The summed E-state index contributed by atoms with van der Waals surface area (Å²) in [6, 6.07) is 14.9. The number of hydrogen-bond donors (Lipinski definition) is 4. The maximum Gasteiger partial charge on any atom is 0.251 e. The van der Waals surface area contributed by atoms with Crippen LogP contribution in [-0.2, 0) is 21.0 Å². The SMILES string of the molecule is CC(=O)NCCNC(=O)c1cccc(-c2cccc(CN3O[C@@H](C)[C@@H]([C@H](C)O)[C@H]3C(=O)N[C@H]3C[C@H]4C[C@@H]([C@@H]3C)C4(C)C)c2)c1. The van der Waals surface area contributed by atoms with E-state index in [1.54, 1.807) is 18.1 Å². The van der Waals surface area contributed by atoms with Crippen LogP contribution in [0.15, 0.2) is 48.5 Å².